The van der Waals surface area contributed by atoms with Crippen LogP contribution in [0.3, 0.4) is 0 Å². The van der Waals surface area contributed by atoms with Crippen LogP contribution in [0.5, 0.6) is 5.75 Å². The van der Waals surface area contributed by atoms with Crippen molar-refractivity contribution in [3.8, 4) is 5.75 Å². The van der Waals surface area contributed by atoms with E-state index in [0.29, 0.717) is 32.8 Å². The second-order valence-electron chi connectivity index (χ2n) is 7.70. The van der Waals surface area contributed by atoms with Crippen molar-refractivity contribution in [2.45, 2.75) is 25.7 Å². The third kappa shape index (κ3) is 5.44. The summed E-state index contributed by atoms with van der Waals surface area (Å²) in [4.78, 5) is 30.7. The highest BCUT2D eigenvalue weighted by Gasteiger charge is 2.31. The smallest absolute Gasteiger partial charge is 0.236 e. The molecule has 0 unspecified atom stereocenters. The summed E-state index contributed by atoms with van der Waals surface area (Å²) in [7, 11) is 1.85. The van der Waals surface area contributed by atoms with Gasteiger partial charge in [-0.05, 0) is 44.9 Å². The van der Waals surface area contributed by atoms with Gasteiger partial charge in [0.05, 0.1) is 6.54 Å². The molecule has 2 aliphatic heterocycles. The summed E-state index contributed by atoms with van der Waals surface area (Å²) in [5, 5.41) is 0. The van der Waals surface area contributed by atoms with Crippen LogP contribution in [0.25, 0.3) is 0 Å². The van der Waals surface area contributed by atoms with Gasteiger partial charge in [-0.2, -0.15) is 0 Å². The van der Waals surface area contributed by atoms with Gasteiger partial charge in [-0.25, -0.2) is 4.39 Å². The highest BCUT2D eigenvalue weighted by Crippen LogP contribution is 2.22. The zero-order valence-corrected chi connectivity index (χ0v) is 16.6. The third-order valence-electron chi connectivity index (χ3n) is 5.59. The molecule has 2 aliphatic rings. The SMILES string of the molecule is CN(CCOc1ccccc1F)CC(=O)N1CCC(C(=O)N2CCCC2)CC1. The van der Waals surface area contributed by atoms with Crippen LogP contribution in [0.2, 0.25) is 0 Å². The first-order valence-electron chi connectivity index (χ1n) is 10.2. The normalized spacial score (nSPS) is 18.0. The minimum Gasteiger partial charge on any atom is -0.489 e. The molecule has 6 nitrogen and oxygen atoms in total. The molecule has 28 heavy (non-hydrogen) atoms. The lowest BCUT2D eigenvalue weighted by Crippen LogP contribution is -2.46. The maximum atomic E-state index is 13.5. The van der Waals surface area contributed by atoms with Gasteiger partial charge < -0.3 is 14.5 Å². The Morgan fingerprint density at radius 1 is 1.11 bits per heavy atom. The highest BCUT2D eigenvalue weighted by atomic mass is 19.1. The molecular weight excluding hydrogens is 361 g/mol. The molecule has 1 aromatic carbocycles. The Bertz CT molecular complexity index is 671. The molecule has 154 valence electrons. The van der Waals surface area contributed by atoms with E-state index < -0.39 is 0 Å². The van der Waals surface area contributed by atoms with E-state index in [1.807, 2.05) is 21.7 Å². The number of ether oxygens (including phenoxy) is 1. The van der Waals surface area contributed by atoms with Gasteiger partial charge in [0.1, 0.15) is 6.61 Å². The minimum atomic E-state index is -0.382. The predicted octanol–water partition coefficient (Wildman–Crippen LogP) is 2.00. The summed E-state index contributed by atoms with van der Waals surface area (Å²) in [5.41, 5.74) is 0. The Hall–Kier alpha value is -2.15. The lowest BCUT2D eigenvalue weighted by atomic mass is 9.95. The van der Waals surface area contributed by atoms with Crippen molar-refractivity contribution in [3.05, 3.63) is 30.1 Å². The number of rotatable bonds is 7. The second-order valence-corrected chi connectivity index (χ2v) is 7.70. The quantitative estimate of drug-likeness (QED) is 0.713. The maximum absolute atomic E-state index is 13.5. The monoisotopic (exact) mass is 391 g/mol. The number of piperidine rings is 1. The Morgan fingerprint density at radius 2 is 1.79 bits per heavy atom. The predicted molar refractivity (Wildman–Crippen MR) is 105 cm³/mol. The van der Waals surface area contributed by atoms with Crippen LogP contribution in [0.15, 0.2) is 24.3 Å². The topological polar surface area (TPSA) is 53.1 Å². The number of hydrogen-bond donors (Lipinski definition) is 0. The molecule has 0 N–H and O–H groups in total. The van der Waals surface area contributed by atoms with Gasteiger partial charge in [-0.1, -0.05) is 12.1 Å². The number of amides is 2. The summed E-state index contributed by atoms with van der Waals surface area (Å²) in [6, 6.07) is 6.30. The molecule has 2 fully saturated rings. The van der Waals surface area contributed by atoms with Crippen molar-refractivity contribution in [2.75, 3.05) is 52.9 Å². The first kappa shape index (κ1) is 20.6. The maximum Gasteiger partial charge on any atom is 0.236 e. The molecule has 2 amide bonds. The summed E-state index contributed by atoms with van der Waals surface area (Å²) in [6.07, 6.45) is 3.72. The van der Waals surface area contributed by atoms with Gasteiger partial charge in [0.2, 0.25) is 11.8 Å². The number of hydrogen-bond acceptors (Lipinski definition) is 4. The zero-order valence-electron chi connectivity index (χ0n) is 16.6. The highest BCUT2D eigenvalue weighted by molar-refractivity contribution is 5.81. The average molecular weight is 391 g/mol. The summed E-state index contributed by atoms with van der Waals surface area (Å²) >= 11 is 0. The number of carbonyl (C=O) groups excluding carboxylic acids is 2. The van der Waals surface area contributed by atoms with E-state index in [2.05, 4.69) is 0 Å². The van der Waals surface area contributed by atoms with Gasteiger partial charge >= 0.3 is 0 Å². The Kier molecular flexibility index (Phi) is 7.25. The fourth-order valence-corrected chi connectivity index (χ4v) is 3.85. The van der Waals surface area contributed by atoms with Crippen LogP contribution in [0.4, 0.5) is 4.39 Å². The number of halogens is 1. The van der Waals surface area contributed by atoms with E-state index in [1.54, 1.807) is 18.2 Å². The van der Waals surface area contributed by atoms with Crippen molar-refractivity contribution in [2.24, 2.45) is 5.92 Å². The molecule has 3 rings (SSSR count). The number of likely N-dealkylation sites (tertiary alicyclic amines) is 2. The lowest BCUT2D eigenvalue weighted by molar-refractivity contribution is -0.140. The molecule has 2 saturated heterocycles. The summed E-state index contributed by atoms with van der Waals surface area (Å²) in [5.74, 6) is 0.251. The van der Waals surface area contributed by atoms with E-state index in [4.69, 9.17) is 4.74 Å². The van der Waals surface area contributed by atoms with Crippen molar-refractivity contribution in [1.29, 1.82) is 0 Å². The minimum absolute atomic E-state index is 0.0639. The van der Waals surface area contributed by atoms with Gasteiger partial charge in [0.15, 0.2) is 11.6 Å². The molecule has 0 spiro atoms. The van der Waals surface area contributed by atoms with E-state index >= 15 is 0 Å². The third-order valence-corrected chi connectivity index (χ3v) is 5.59. The molecule has 0 aliphatic carbocycles. The van der Waals surface area contributed by atoms with Crippen LogP contribution in [-0.4, -0.2) is 79.4 Å². The Balaban J connectivity index is 1.35. The van der Waals surface area contributed by atoms with E-state index in [-0.39, 0.29) is 29.3 Å². The van der Waals surface area contributed by atoms with Crippen LogP contribution in [0, 0.1) is 11.7 Å². The lowest BCUT2D eigenvalue weighted by Gasteiger charge is -2.34. The second kappa shape index (κ2) is 9.87. The largest absolute Gasteiger partial charge is 0.489 e. The average Bonchev–Trinajstić information content (AvgIpc) is 3.24. The van der Waals surface area contributed by atoms with Crippen LogP contribution >= 0.6 is 0 Å². The Labute approximate surface area is 166 Å². The van der Waals surface area contributed by atoms with E-state index in [0.717, 1.165) is 38.8 Å². The standard InChI is InChI=1S/C21H30FN3O3/c1-23(14-15-28-19-7-3-2-6-18(19)22)16-20(26)24-12-8-17(9-13-24)21(27)25-10-4-5-11-25/h2-3,6-7,17H,4-5,8-16H2,1H3. The first-order chi connectivity index (χ1) is 13.5. The molecule has 0 radical (unpaired) electrons. The molecule has 0 bridgehead atoms. The van der Waals surface area contributed by atoms with Crippen molar-refractivity contribution in [3.63, 3.8) is 0 Å². The fourth-order valence-electron chi connectivity index (χ4n) is 3.85. The summed E-state index contributed by atoms with van der Waals surface area (Å²) < 4.78 is 19.0. The number of carbonyl (C=O) groups is 2. The molecule has 0 saturated carbocycles. The van der Waals surface area contributed by atoms with E-state index in [1.165, 1.54) is 6.07 Å². The van der Waals surface area contributed by atoms with Crippen LogP contribution in [-0.2, 0) is 9.59 Å². The van der Waals surface area contributed by atoms with Gasteiger partial charge in [-0.15, -0.1) is 0 Å². The van der Waals surface area contributed by atoms with Crippen molar-refractivity contribution >= 4 is 11.8 Å². The van der Waals surface area contributed by atoms with E-state index in [9.17, 15) is 14.0 Å². The first-order valence-corrected chi connectivity index (χ1v) is 10.2. The van der Waals surface area contributed by atoms with Crippen molar-refractivity contribution < 1.29 is 18.7 Å². The molecule has 7 heteroatoms. The number of likely N-dealkylation sites (N-methyl/N-ethyl adjacent to an activating group) is 1. The zero-order chi connectivity index (χ0) is 19.9. The summed E-state index contributed by atoms with van der Waals surface area (Å²) in [6.45, 7) is 4.20. The molecule has 2 heterocycles. The van der Waals surface area contributed by atoms with Gasteiger partial charge in [-0.3, -0.25) is 14.5 Å². The van der Waals surface area contributed by atoms with Gasteiger partial charge in [0.25, 0.3) is 0 Å². The number of para-hydroxylation sites is 1. The Morgan fingerprint density at radius 3 is 2.46 bits per heavy atom. The molecule has 0 aromatic heterocycles. The van der Waals surface area contributed by atoms with Crippen LogP contribution in [0.1, 0.15) is 25.7 Å². The number of nitrogens with zero attached hydrogens (tertiary/aromatic N) is 3. The molecule has 1 aromatic rings. The molecular formula is C21H30FN3O3. The van der Waals surface area contributed by atoms with Crippen LogP contribution < -0.4 is 4.74 Å². The molecule has 0 atom stereocenters. The van der Waals surface area contributed by atoms with Crippen molar-refractivity contribution in [1.82, 2.24) is 14.7 Å². The number of benzene rings is 1. The van der Waals surface area contributed by atoms with Gasteiger partial charge in [0, 0.05) is 38.6 Å². The fraction of sp³-hybridized carbons (Fsp3) is 0.619.